The van der Waals surface area contributed by atoms with E-state index < -0.39 is 0 Å². The first kappa shape index (κ1) is 14.7. The van der Waals surface area contributed by atoms with Crippen LogP contribution in [0.3, 0.4) is 0 Å². The molecule has 0 aliphatic carbocycles. The zero-order chi connectivity index (χ0) is 11.2. The minimum Gasteiger partial charge on any atom is -0.0885 e. The minimum atomic E-state index is 1.09. The van der Waals surface area contributed by atoms with E-state index in [9.17, 15) is 0 Å². The van der Waals surface area contributed by atoms with Crippen molar-refractivity contribution in [3.05, 3.63) is 26.0 Å². The normalized spacial score (nSPS) is 11.3. The average molecular weight is 208 g/mol. The van der Waals surface area contributed by atoms with Crippen molar-refractivity contribution < 1.29 is 0 Å². The Morgan fingerprint density at radius 3 is 1.40 bits per heavy atom. The van der Waals surface area contributed by atoms with E-state index in [1.54, 1.807) is 0 Å². The van der Waals surface area contributed by atoms with Gasteiger partial charge in [-0.3, -0.25) is 0 Å². The molecular formula is C15H28. The van der Waals surface area contributed by atoms with Gasteiger partial charge in [-0.05, 0) is 25.7 Å². The van der Waals surface area contributed by atoms with Gasteiger partial charge >= 0.3 is 0 Å². The number of unbranched alkanes of at least 4 members (excludes halogenated alkanes) is 9. The quantitative estimate of drug-likeness (QED) is 0.310. The Labute approximate surface area is 97.2 Å². The van der Waals surface area contributed by atoms with E-state index >= 15 is 0 Å². The molecule has 0 aromatic carbocycles. The molecule has 88 valence electrons. The van der Waals surface area contributed by atoms with E-state index in [2.05, 4.69) is 26.0 Å². The highest BCUT2D eigenvalue weighted by Gasteiger charge is 1.87. The second kappa shape index (κ2) is 13.7. The molecule has 0 aromatic heterocycles. The molecule has 0 fully saturated rings. The fourth-order valence-electron chi connectivity index (χ4n) is 1.64. The Bertz CT molecular complexity index is 124. The summed E-state index contributed by atoms with van der Waals surface area (Å²) in [6.07, 6.45) is 18.8. The van der Waals surface area contributed by atoms with Crippen LogP contribution in [0, 0.1) is 13.8 Å². The first-order chi connectivity index (χ1) is 7.41. The lowest BCUT2D eigenvalue weighted by atomic mass is 10.1. The average Bonchev–Trinajstić information content (AvgIpc) is 2.26. The maximum absolute atomic E-state index is 3.85. The van der Waals surface area contributed by atoms with Crippen molar-refractivity contribution in [2.24, 2.45) is 0 Å². The maximum Gasteiger partial charge on any atom is -0.0351 e. The molecule has 0 saturated heterocycles. The van der Waals surface area contributed by atoms with E-state index in [0.717, 1.165) is 12.8 Å². The number of hydrogen-bond donors (Lipinski definition) is 0. The highest BCUT2D eigenvalue weighted by atomic mass is 13.9. The zero-order valence-electron chi connectivity index (χ0n) is 10.3. The van der Waals surface area contributed by atoms with Crippen molar-refractivity contribution in [3.63, 3.8) is 0 Å². The molecule has 0 nitrogen and oxygen atoms in total. The molecular weight excluding hydrogens is 180 g/mol. The lowest BCUT2D eigenvalue weighted by Gasteiger charge is -1.96. The van der Waals surface area contributed by atoms with Gasteiger partial charge in [0.05, 0.1) is 0 Å². The highest BCUT2D eigenvalue weighted by molar-refractivity contribution is 4.81. The van der Waals surface area contributed by atoms with Crippen LogP contribution in [0.4, 0.5) is 0 Å². The summed E-state index contributed by atoms with van der Waals surface area (Å²) in [7, 11) is 0. The van der Waals surface area contributed by atoms with Gasteiger partial charge in [0, 0.05) is 0 Å². The third-order valence-electron chi connectivity index (χ3n) is 2.66. The largest absolute Gasteiger partial charge is 0.0885 e. The third kappa shape index (κ3) is 13.7. The Hall–Kier alpha value is -0.260. The summed E-state index contributed by atoms with van der Waals surface area (Å²) in [4.78, 5) is 0. The van der Waals surface area contributed by atoms with Crippen LogP contribution in [-0.4, -0.2) is 0 Å². The van der Waals surface area contributed by atoms with Gasteiger partial charge in [0.1, 0.15) is 0 Å². The smallest absolute Gasteiger partial charge is 0.0351 e. The molecule has 0 heteroatoms. The Balaban J connectivity index is 2.97. The Kier molecular flexibility index (Phi) is 13.5. The number of allylic oxidation sites excluding steroid dienone is 2. The van der Waals surface area contributed by atoms with Crippen LogP contribution in [0.2, 0.25) is 0 Å². The summed E-state index contributed by atoms with van der Waals surface area (Å²) in [5.41, 5.74) is 0. The molecule has 0 aliphatic rings. The van der Waals surface area contributed by atoms with Gasteiger partial charge in [0.15, 0.2) is 0 Å². The van der Waals surface area contributed by atoms with Crippen molar-refractivity contribution in [2.75, 3.05) is 0 Å². The summed E-state index contributed by atoms with van der Waals surface area (Å²) in [6, 6.07) is 0. The van der Waals surface area contributed by atoms with E-state index in [0.29, 0.717) is 0 Å². The van der Waals surface area contributed by atoms with Crippen LogP contribution in [0.1, 0.15) is 70.6 Å². The number of hydrogen-bond acceptors (Lipinski definition) is 0. The standard InChI is InChI=1S/C15H28/c1-3-5-7-9-11-13-15-14-12-10-8-6-4-2/h13,15H,1-12,14H2/b15-13+. The molecule has 0 N–H and O–H groups in total. The van der Waals surface area contributed by atoms with Gasteiger partial charge in [-0.25, -0.2) is 0 Å². The van der Waals surface area contributed by atoms with E-state index in [1.807, 2.05) is 0 Å². The van der Waals surface area contributed by atoms with Gasteiger partial charge in [-0.1, -0.05) is 70.9 Å². The van der Waals surface area contributed by atoms with Gasteiger partial charge in [-0.2, -0.15) is 0 Å². The van der Waals surface area contributed by atoms with Crippen molar-refractivity contribution in [3.8, 4) is 0 Å². The summed E-state index contributed by atoms with van der Waals surface area (Å²) in [5.74, 6) is 0. The molecule has 0 atom stereocenters. The molecule has 0 spiro atoms. The molecule has 15 heavy (non-hydrogen) atoms. The van der Waals surface area contributed by atoms with Gasteiger partial charge < -0.3 is 0 Å². The molecule has 0 heterocycles. The van der Waals surface area contributed by atoms with E-state index in [1.165, 1.54) is 57.8 Å². The van der Waals surface area contributed by atoms with Crippen LogP contribution in [-0.2, 0) is 0 Å². The van der Waals surface area contributed by atoms with Crippen molar-refractivity contribution in [2.45, 2.75) is 70.6 Å². The summed E-state index contributed by atoms with van der Waals surface area (Å²) < 4.78 is 0. The van der Waals surface area contributed by atoms with Crippen molar-refractivity contribution in [1.29, 1.82) is 0 Å². The fourth-order valence-corrected chi connectivity index (χ4v) is 1.64. The van der Waals surface area contributed by atoms with Crippen molar-refractivity contribution in [1.82, 2.24) is 0 Å². The first-order valence-electron chi connectivity index (χ1n) is 6.65. The molecule has 0 rings (SSSR count). The van der Waals surface area contributed by atoms with Crippen LogP contribution in [0.25, 0.3) is 0 Å². The molecule has 0 bridgehead atoms. The Morgan fingerprint density at radius 2 is 0.933 bits per heavy atom. The summed E-state index contributed by atoms with van der Waals surface area (Å²) >= 11 is 0. The predicted octanol–water partition coefficient (Wildman–Crippen LogP) is 5.50. The first-order valence-corrected chi connectivity index (χ1v) is 6.65. The topological polar surface area (TPSA) is 0 Å². The molecule has 0 aliphatic heterocycles. The SMILES string of the molecule is [CH2]CCCCC/C=C/CCCCCC[CH2]. The third-order valence-corrected chi connectivity index (χ3v) is 2.66. The summed E-state index contributed by atoms with van der Waals surface area (Å²) in [6.45, 7) is 7.70. The van der Waals surface area contributed by atoms with E-state index in [4.69, 9.17) is 0 Å². The van der Waals surface area contributed by atoms with Crippen LogP contribution in [0.5, 0.6) is 0 Å². The molecule has 2 radical (unpaired) electrons. The van der Waals surface area contributed by atoms with Crippen molar-refractivity contribution >= 4 is 0 Å². The monoisotopic (exact) mass is 208 g/mol. The predicted molar refractivity (Wildman–Crippen MR) is 70.6 cm³/mol. The van der Waals surface area contributed by atoms with Crippen LogP contribution < -0.4 is 0 Å². The molecule has 0 aromatic rings. The van der Waals surface area contributed by atoms with E-state index in [-0.39, 0.29) is 0 Å². The zero-order valence-corrected chi connectivity index (χ0v) is 10.3. The maximum atomic E-state index is 3.85. The fraction of sp³-hybridized carbons (Fsp3) is 0.733. The minimum absolute atomic E-state index is 1.09. The highest BCUT2D eigenvalue weighted by Crippen LogP contribution is 2.07. The lowest BCUT2D eigenvalue weighted by Crippen LogP contribution is -1.77. The van der Waals surface area contributed by atoms with Crippen LogP contribution >= 0.6 is 0 Å². The molecule has 0 saturated carbocycles. The molecule has 0 unspecified atom stereocenters. The second-order valence-corrected chi connectivity index (χ2v) is 4.23. The van der Waals surface area contributed by atoms with Gasteiger partial charge in [0.25, 0.3) is 0 Å². The van der Waals surface area contributed by atoms with Crippen LogP contribution in [0.15, 0.2) is 12.2 Å². The lowest BCUT2D eigenvalue weighted by molar-refractivity contribution is 0.650. The molecule has 0 amide bonds. The number of rotatable bonds is 11. The van der Waals surface area contributed by atoms with Gasteiger partial charge in [0.2, 0.25) is 0 Å². The summed E-state index contributed by atoms with van der Waals surface area (Å²) in [5, 5.41) is 0. The van der Waals surface area contributed by atoms with Gasteiger partial charge in [-0.15, -0.1) is 0 Å². The second-order valence-electron chi connectivity index (χ2n) is 4.23. The Morgan fingerprint density at radius 1 is 0.533 bits per heavy atom.